The molecule has 0 aliphatic rings. The van der Waals surface area contributed by atoms with E-state index >= 15 is 0 Å². The second-order valence-electron chi connectivity index (χ2n) is 3.83. The van der Waals surface area contributed by atoms with Crippen molar-refractivity contribution >= 4 is 17.3 Å². The molecule has 102 valence electrons. The summed E-state index contributed by atoms with van der Waals surface area (Å²) in [6.45, 7) is 10.0. The Labute approximate surface area is 113 Å². The van der Waals surface area contributed by atoms with Gasteiger partial charge in [-0.25, -0.2) is 4.99 Å². The van der Waals surface area contributed by atoms with E-state index in [1.807, 2.05) is 6.92 Å². The molecule has 0 fully saturated rings. The van der Waals surface area contributed by atoms with E-state index in [0.29, 0.717) is 6.61 Å². The van der Waals surface area contributed by atoms with Gasteiger partial charge in [-0.05, 0) is 32.9 Å². The van der Waals surface area contributed by atoms with Gasteiger partial charge in [0.2, 0.25) is 0 Å². The highest BCUT2D eigenvalue weighted by molar-refractivity contribution is 7.11. The van der Waals surface area contributed by atoms with Gasteiger partial charge in [0.25, 0.3) is 0 Å². The van der Waals surface area contributed by atoms with E-state index in [9.17, 15) is 0 Å². The maximum absolute atomic E-state index is 5.28. The Morgan fingerprint density at radius 3 is 2.78 bits per heavy atom. The lowest BCUT2D eigenvalue weighted by Crippen LogP contribution is -2.38. The molecule has 0 saturated heterocycles. The minimum Gasteiger partial charge on any atom is -0.380 e. The smallest absolute Gasteiger partial charge is 0.191 e. The van der Waals surface area contributed by atoms with Crippen molar-refractivity contribution in [2.24, 2.45) is 4.99 Å². The third-order valence-electron chi connectivity index (χ3n) is 2.28. The van der Waals surface area contributed by atoms with Crippen molar-refractivity contribution in [2.75, 3.05) is 26.3 Å². The van der Waals surface area contributed by atoms with Crippen molar-refractivity contribution in [2.45, 2.75) is 27.3 Å². The van der Waals surface area contributed by atoms with Crippen LogP contribution in [0.2, 0.25) is 0 Å². The fourth-order valence-corrected chi connectivity index (χ4v) is 2.27. The van der Waals surface area contributed by atoms with Crippen LogP contribution in [0, 0.1) is 6.92 Å². The number of rotatable bonds is 7. The molecule has 1 aromatic rings. The van der Waals surface area contributed by atoms with Gasteiger partial charge in [-0.15, -0.1) is 11.3 Å². The summed E-state index contributed by atoms with van der Waals surface area (Å²) in [5, 5.41) is 6.48. The first kappa shape index (κ1) is 15.0. The SMILES string of the molecule is CCNC(=NCc1ccc(C)s1)NCCOCC. The largest absolute Gasteiger partial charge is 0.380 e. The molecule has 0 saturated carbocycles. The molecule has 18 heavy (non-hydrogen) atoms. The Balaban J connectivity index is 2.39. The zero-order valence-corrected chi connectivity index (χ0v) is 12.3. The summed E-state index contributed by atoms with van der Waals surface area (Å²) in [6, 6.07) is 4.26. The number of aliphatic imine (C=N–C) groups is 1. The molecule has 1 aromatic heterocycles. The van der Waals surface area contributed by atoms with Gasteiger partial charge in [0, 0.05) is 29.5 Å². The van der Waals surface area contributed by atoms with Gasteiger partial charge in [0.1, 0.15) is 0 Å². The van der Waals surface area contributed by atoms with E-state index in [1.165, 1.54) is 9.75 Å². The molecule has 0 amide bonds. The van der Waals surface area contributed by atoms with Gasteiger partial charge in [-0.3, -0.25) is 0 Å². The van der Waals surface area contributed by atoms with Crippen LogP contribution in [0.4, 0.5) is 0 Å². The zero-order chi connectivity index (χ0) is 13.2. The molecule has 0 atom stereocenters. The maximum atomic E-state index is 5.28. The minimum atomic E-state index is 0.707. The van der Waals surface area contributed by atoms with Gasteiger partial charge >= 0.3 is 0 Å². The van der Waals surface area contributed by atoms with Gasteiger partial charge in [0.05, 0.1) is 13.2 Å². The van der Waals surface area contributed by atoms with E-state index in [4.69, 9.17) is 4.74 Å². The van der Waals surface area contributed by atoms with E-state index in [1.54, 1.807) is 11.3 Å². The molecule has 0 aromatic carbocycles. The molecule has 0 aliphatic heterocycles. The van der Waals surface area contributed by atoms with Crippen LogP contribution in [-0.4, -0.2) is 32.3 Å². The molecular formula is C13H23N3OS. The third-order valence-corrected chi connectivity index (χ3v) is 3.26. The van der Waals surface area contributed by atoms with Crippen LogP contribution in [0.15, 0.2) is 17.1 Å². The van der Waals surface area contributed by atoms with Crippen LogP contribution in [-0.2, 0) is 11.3 Å². The molecule has 0 radical (unpaired) electrons. The van der Waals surface area contributed by atoms with Crippen LogP contribution in [0.1, 0.15) is 23.6 Å². The quantitative estimate of drug-likeness (QED) is 0.453. The second-order valence-corrected chi connectivity index (χ2v) is 5.20. The lowest BCUT2D eigenvalue weighted by molar-refractivity contribution is 0.152. The number of ether oxygens (including phenoxy) is 1. The Hall–Kier alpha value is -1.07. The molecule has 0 unspecified atom stereocenters. The molecule has 2 N–H and O–H groups in total. The van der Waals surface area contributed by atoms with Crippen molar-refractivity contribution in [1.82, 2.24) is 10.6 Å². The predicted octanol–water partition coefficient (Wildman–Crippen LogP) is 2.15. The Morgan fingerprint density at radius 2 is 2.17 bits per heavy atom. The lowest BCUT2D eigenvalue weighted by atomic mass is 10.4. The summed E-state index contributed by atoms with van der Waals surface area (Å²) in [5.41, 5.74) is 0. The first-order chi connectivity index (χ1) is 8.76. The van der Waals surface area contributed by atoms with Crippen molar-refractivity contribution in [3.63, 3.8) is 0 Å². The normalized spacial score (nSPS) is 11.6. The zero-order valence-electron chi connectivity index (χ0n) is 11.5. The highest BCUT2D eigenvalue weighted by atomic mass is 32.1. The molecule has 1 heterocycles. The third kappa shape index (κ3) is 6.02. The average molecular weight is 269 g/mol. The molecule has 5 heteroatoms. The average Bonchev–Trinajstić information content (AvgIpc) is 2.77. The minimum absolute atomic E-state index is 0.707. The van der Waals surface area contributed by atoms with Crippen LogP contribution in [0.3, 0.4) is 0 Å². The van der Waals surface area contributed by atoms with Crippen molar-refractivity contribution in [3.8, 4) is 0 Å². The Kier molecular flexibility index (Phi) is 7.44. The summed E-state index contributed by atoms with van der Waals surface area (Å²) in [4.78, 5) is 7.16. The van der Waals surface area contributed by atoms with Crippen molar-refractivity contribution in [3.05, 3.63) is 21.9 Å². The molecule has 1 rings (SSSR count). The standard InChI is InChI=1S/C13H23N3OS/c1-4-14-13(15-8-9-17-5-2)16-10-12-7-6-11(3)18-12/h6-7H,4-5,8-10H2,1-3H3,(H2,14,15,16). The number of aryl methyl sites for hydroxylation is 1. The Bertz CT molecular complexity index is 363. The van der Waals surface area contributed by atoms with Gasteiger partial charge in [0.15, 0.2) is 5.96 Å². The second kappa shape index (κ2) is 8.94. The summed E-state index contributed by atoms with van der Waals surface area (Å²) in [6.07, 6.45) is 0. The van der Waals surface area contributed by atoms with Crippen LogP contribution >= 0.6 is 11.3 Å². The Morgan fingerprint density at radius 1 is 1.33 bits per heavy atom. The van der Waals surface area contributed by atoms with E-state index < -0.39 is 0 Å². The van der Waals surface area contributed by atoms with Crippen LogP contribution in [0.25, 0.3) is 0 Å². The van der Waals surface area contributed by atoms with E-state index in [-0.39, 0.29) is 0 Å². The fourth-order valence-electron chi connectivity index (χ4n) is 1.45. The first-order valence-electron chi connectivity index (χ1n) is 6.41. The lowest BCUT2D eigenvalue weighted by Gasteiger charge is -2.10. The van der Waals surface area contributed by atoms with Crippen LogP contribution < -0.4 is 10.6 Å². The number of hydrogen-bond acceptors (Lipinski definition) is 3. The summed E-state index contributed by atoms with van der Waals surface area (Å²) in [7, 11) is 0. The number of thiophene rings is 1. The number of hydrogen-bond donors (Lipinski definition) is 2. The molecular weight excluding hydrogens is 246 g/mol. The van der Waals surface area contributed by atoms with Gasteiger partial charge < -0.3 is 15.4 Å². The topological polar surface area (TPSA) is 45.7 Å². The molecule has 4 nitrogen and oxygen atoms in total. The maximum Gasteiger partial charge on any atom is 0.191 e. The summed E-state index contributed by atoms with van der Waals surface area (Å²) < 4.78 is 5.28. The van der Waals surface area contributed by atoms with E-state index in [2.05, 4.69) is 41.6 Å². The molecule has 0 spiro atoms. The fraction of sp³-hybridized carbons (Fsp3) is 0.615. The first-order valence-corrected chi connectivity index (χ1v) is 7.23. The molecule has 0 aliphatic carbocycles. The number of nitrogens with one attached hydrogen (secondary N) is 2. The monoisotopic (exact) mass is 269 g/mol. The van der Waals surface area contributed by atoms with Crippen molar-refractivity contribution in [1.29, 1.82) is 0 Å². The van der Waals surface area contributed by atoms with Crippen molar-refractivity contribution < 1.29 is 4.74 Å². The van der Waals surface area contributed by atoms with E-state index in [0.717, 1.165) is 32.2 Å². The molecule has 0 bridgehead atoms. The highest BCUT2D eigenvalue weighted by Crippen LogP contribution is 2.15. The predicted molar refractivity (Wildman–Crippen MR) is 78.4 cm³/mol. The van der Waals surface area contributed by atoms with Gasteiger partial charge in [-0.2, -0.15) is 0 Å². The summed E-state index contributed by atoms with van der Waals surface area (Å²) >= 11 is 1.79. The highest BCUT2D eigenvalue weighted by Gasteiger charge is 1.98. The van der Waals surface area contributed by atoms with Gasteiger partial charge in [-0.1, -0.05) is 0 Å². The number of nitrogens with zero attached hydrogens (tertiary/aromatic N) is 1. The summed E-state index contributed by atoms with van der Waals surface area (Å²) in [5.74, 6) is 0.850. The van der Waals surface area contributed by atoms with Crippen LogP contribution in [0.5, 0.6) is 0 Å². The number of guanidine groups is 1.